The van der Waals surface area contributed by atoms with Crippen LogP contribution in [0, 0.1) is 5.82 Å². The Hall–Kier alpha value is -2.10. The van der Waals surface area contributed by atoms with Crippen molar-refractivity contribution in [3.05, 3.63) is 35.0 Å². The first-order chi connectivity index (χ1) is 9.38. The van der Waals surface area contributed by atoms with Crippen molar-refractivity contribution >= 4 is 40.9 Å². The molecule has 1 aromatic carbocycles. The number of benzene rings is 1. The van der Waals surface area contributed by atoms with Crippen LogP contribution in [0.4, 0.5) is 28.3 Å². The number of nitrogens with zero attached hydrogens (tertiary/aromatic N) is 2. The van der Waals surface area contributed by atoms with Crippen LogP contribution >= 0.6 is 11.3 Å². The lowest BCUT2D eigenvalue weighted by Gasteiger charge is -2.17. The maximum atomic E-state index is 13.5. The molecule has 0 atom stereocenters. The molecule has 0 unspecified atom stereocenters. The minimum atomic E-state index is -5.32. The molecule has 20 heavy (non-hydrogen) atoms. The summed E-state index contributed by atoms with van der Waals surface area (Å²) in [6.07, 6.45) is 0.775. The van der Waals surface area contributed by atoms with Crippen molar-refractivity contribution in [3.63, 3.8) is 0 Å². The van der Waals surface area contributed by atoms with Crippen LogP contribution in [-0.2, 0) is 0 Å². The maximum absolute atomic E-state index is 13.5. The molecule has 4 nitrogen and oxygen atoms in total. The first-order valence-corrected chi connectivity index (χ1v) is 6.24. The highest BCUT2D eigenvalue weighted by molar-refractivity contribution is 7.14. The van der Waals surface area contributed by atoms with Crippen molar-refractivity contribution in [1.82, 2.24) is 4.98 Å². The van der Waals surface area contributed by atoms with Crippen LogP contribution in [0.15, 0.2) is 28.7 Å². The summed E-state index contributed by atoms with van der Waals surface area (Å²) in [5.41, 5.74) is 6.11. The van der Waals surface area contributed by atoms with E-state index in [0.717, 1.165) is 35.8 Å². The van der Waals surface area contributed by atoms with Crippen molar-refractivity contribution in [2.75, 3.05) is 11.2 Å². The highest BCUT2D eigenvalue weighted by Crippen LogP contribution is 2.17. The van der Waals surface area contributed by atoms with Gasteiger partial charge in [-0.05, 0) is 6.07 Å². The van der Waals surface area contributed by atoms with Crippen molar-refractivity contribution in [1.29, 1.82) is 0 Å². The molecule has 1 aromatic heterocycles. The summed E-state index contributed by atoms with van der Waals surface area (Å²) in [6.45, 7) is -5.32. The lowest BCUT2D eigenvalue weighted by molar-refractivity contribution is 0.500. The fraction of sp³-hybridized carbons (Fsp3) is 0. The van der Waals surface area contributed by atoms with Gasteiger partial charge in [-0.2, -0.15) is 5.10 Å². The quantitative estimate of drug-likeness (QED) is 0.394. The molecular formula is C10H8BF4N4S-. The summed E-state index contributed by atoms with van der Waals surface area (Å²) < 4.78 is 51.8. The average molecular weight is 303 g/mol. The Morgan fingerprint density at radius 1 is 1.35 bits per heavy atom. The molecule has 0 aliphatic heterocycles. The molecular weight excluding hydrogens is 295 g/mol. The Kier molecular flexibility index (Phi) is 3.93. The first-order valence-electron chi connectivity index (χ1n) is 5.36. The van der Waals surface area contributed by atoms with Crippen LogP contribution in [-0.4, -0.2) is 18.2 Å². The van der Waals surface area contributed by atoms with Crippen LogP contribution in [0.3, 0.4) is 0 Å². The van der Waals surface area contributed by atoms with Gasteiger partial charge >= 0.3 is 6.98 Å². The van der Waals surface area contributed by atoms with E-state index in [1.165, 1.54) is 5.38 Å². The van der Waals surface area contributed by atoms with E-state index in [9.17, 15) is 17.3 Å². The van der Waals surface area contributed by atoms with Crippen molar-refractivity contribution in [2.45, 2.75) is 0 Å². The Morgan fingerprint density at radius 2 is 2.10 bits per heavy atom. The molecule has 0 saturated heterocycles. The number of anilines is 2. The Morgan fingerprint density at radius 3 is 2.70 bits per heavy atom. The van der Waals surface area contributed by atoms with Crippen LogP contribution in [0.5, 0.6) is 0 Å². The number of nitrogens with one attached hydrogen (secondary N) is 1. The summed E-state index contributed by atoms with van der Waals surface area (Å²) >= 11 is 1.13. The lowest BCUT2D eigenvalue weighted by atomic mass is 9.77. The summed E-state index contributed by atoms with van der Waals surface area (Å²) in [6, 6.07) is 2.76. The van der Waals surface area contributed by atoms with Gasteiger partial charge in [0.15, 0.2) is 0 Å². The topological polar surface area (TPSA) is 63.3 Å². The van der Waals surface area contributed by atoms with Crippen molar-refractivity contribution in [3.8, 4) is 0 Å². The predicted octanol–water partition coefficient (Wildman–Crippen LogP) is 2.36. The van der Waals surface area contributed by atoms with Crippen molar-refractivity contribution < 1.29 is 17.3 Å². The van der Waals surface area contributed by atoms with Gasteiger partial charge in [-0.25, -0.2) is 9.37 Å². The third kappa shape index (κ3) is 3.26. The van der Waals surface area contributed by atoms with E-state index < -0.39 is 23.8 Å². The number of thiazole rings is 1. The fourth-order valence-corrected chi connectivity index (χ4v) is 2.01. The molecule has 1 heterocycles. The molecule has 0 fully saturated rings. The van der Waals surface area contributed by atoms with Gasteiger partial charge in [0.2, 0.25) is 5.13 Å². The van der Waals surface area contributed by atoms with Gasteiger partial charge in [-0.1, -0.05) is 17.6 Å². The van der Waals surface area contributed by atoms with Crippen LogP contribution in [0.25, 0.3) is 0 Å². The molecule has 0 aliphatic carbocycles. The number of nitrogens with two attached hydrogens (primary N) is 1. The Labute approximate surface area is 115 Å². The monoisotopic (exact) mass is 303 g/mol. The number of aromatic nitrogens is 1. The van der Waals surface area contributed by atoms with Crippen LogP contribution in [0.2, 0.25) is 0 Å². The number of hydrogen-bond acceptors (Lipinski definition) is 5. The van der Waals surface area contributed by atoms with E-state index >= 15 is 0 Å². The zero-order valence-electron chi connectivity index (χ0n) is 9.86. The second kappa shape index (κ2) is 5.49. The normalized spacial score (nSPS) is 12.0. The van der Waals surface area contributed by atoms with E-state index in [0.29, 0.717) is 5.13 Å². The third-order valence-electron chi connectivity index (χ3n) is 2.32. The van der Waals surface area contributed by atoms with E-state index in [2.05, 4.69) is 15.5 Å². The van der Waals surface area contributed by atoms with Gasteiger partial charge in [0.25, 0.3) is 0 Å². The molecule has 3 N–H and O–H groups in total. The second-order valence-corrected chi connectivity index (χ2v) is 4.62. The molecule has 0 bridgehead atoms. The average Bonchev–Trinajstić information content (AvgIpc) is 2.76. The van der Waals surface area contributed by atoms with E-state index in [-0.39, 0.29) is 5.82 Å². The van der Waals surface area contributed by atoms with Gasteiger partial charge in [0.05, 0.1) is 6.21 Å². The molecule has 0 aliphatic rings. The number of hydrazone groups is 1. The summed E-state index contributed by atoms with van der Waals surface area (Å²) in [5, 5.41) is 5.38. The van der Waals surface area contributed by atoms with Gasteiger partial charge in [0.1, 0.15) is 11.6 Å². The van der Waals surface area contributed by atoms with E-state index in [4.69, 9.17) is 5.73 Å². The molecule has 10 heteroatoms. The fourth-order valence-electron chi connectivity index (χ4n) is 1.46. The number of halogens is 4. The SMILES string of the molecule is Nc1csc(NN=Cc2c(F)cccc2[B-](F)(F)F)n1. The largest absolute Gasteiger partial charge is 0.510 e. The van der Waals surface area contributed by atoms with Crippen LogP contribution in [0.1, 0.15) is 5.56 Å². The van der Waals surface area contributed by atoms with Crippen LogP contribution < -0.4 is 16.6 Å². The summed E-state index contributed by atoms with van der Waals surface area (Å²) in [4.78, 5) is 3.79. The first kappa shape index (κ1) is 14.3. The summed E-state index contributed by atoms with van der Waals surface area (Å²) in [5.74, 6) is -0.733. The molecule has 0 radical (unpaired) electrons. The molecule has 0 amide bonds. The molecule has 0 saturated carbocycles. The Balaban J connectivity index is 2.24. The van der Waals surface area contributed by atoms with Gasteiger partial charge in [0, 0.05) is 10.9 Å². The standard InChI is InChI=1S/C10H8BF4N4S/c12-8-3-1-2-7(11(13,14)15)6(8)4-17-19-10-18-9(16)5-20-10/h1-5H,16H2,(H,18,19)/q-1. The maximum Gasteiger partial charge on any atom is 0.510 e. The van der Waals surface area contributed by atoms with Crippen molar-refractivity contribution in [2.24, 2.45) is 5.10 Å². The van der Waals surface area contributed by atoms with Gasteiger partial charge < -0.3 is 18.7 Å². The molecule has 106 valence electrons. The van der Waals surface area contributed by atoms with Gasteiger partial charge in [-0.15, -0.1) is 11.3 Å². The van der Waals surface area contributed by atoms with Gasteiger partial charge in [-0.3, -0.25) is 5.43 Å². The second-order valence-electron chi connectivity index (χ2n) is 3.77. The number of hydrogen-bond donors (Lipinski definition) is 2. The smallest absolute Gasteiger partial charge is 0.445 e. The highest BCUT2D eigenvalue weighted by Gasteiger charge is 2.29. The number of rotatable bonds is 4. The zero-order chi connectivity index (χ0) is 14.8. The minimum absolute atomic E-state index is 0.262. The highest BCUT2D eigenvalue weighted by atomic mass is 32.1. The Bertz CT molecular complexity index is 640. The minimum Gasteiger partial charge on any atom is -0.445 e. The predicted molar refractivity (Wildman–Crippen MR) is 72.9 cm³/mol. The molecule has 0 spiro atoms. The number of nitrogen functional groups attached to an aromatic ring is 1. The molecule has 2 rings (SSSR count). The molecule has 2 aromatic rings. The third-order valence-corrected chi connectivity index (χ3v) is 3.08. The lowest BCUT2D eigenvalue weighted by Crippen LogP contribution is -2.37. The zero-order valence-corrected chi connectivity index (χ0v) is 10.7. The summed E-state index contributed by atoms with van der Waals surface area (Å²) in [7, 11) is 0. The van der Waals surface area contributed by atoms with E-state index in [1.807, 2.05) is 0 Å². The van der Waals surface area contributed by atoms with E-state index in [1.54, 1.807) is 0 Å².